The number of carbonyl (C=O) groups is 1. The Labute approximate surface area is 191 Å². The van der Waals surface area contributed by atoms with Gasteiger partial charge in [-0.05, 0) is 67.1 Å². The molecule has 0 radical (unpaired) electrons. The minimum absolute atomic E-state index is 0.173. The summed E-state index contributed by atoms with van der Waals surface area (Å²) in [6, 6.07) is 19.1. The van der Waals surface area contributed by atoms with Gasteiger partial charge in [0, 0.05) is 38.5 Å². The minimum atomic E-state index is 0.173. The number of nitrogens with one attached hydrogen (secondary N) is 1. The Morgan fingerprint density at radius 1 is 1.03 bits per heavy atom. The number of likely N-dealkylation sites (tertiary alicyclic amines) is 2. The van der Waals surface area contributed by atoms with Gasteiger partial charge < -0.3 is 19.9 Å². The summed E-state index contributed by atoms with van der Waals surface area (Å²) in [6.45, 7) is 7.19. The summed E-state index contributed by atoms with van der Waals surface area (Å²) in [5.41, 5.74) is 2.81. The summed E-state index contributed by atoms with van der Waals surface area (Å²) in [5, 5.41) is 3.62. The average molecular weight is 434 g/mol. The number of rotatable bonds is 6. The van der Waals surface area contributed by atoms with Crippen LogP contribution in [-0.2, 0) is 11.3 Å². The molecule has 5 nitrogen and oxygen atoms in total. The van der Waals surface area contributed by atoms with Crippen molar-refractivity contribution in [2.24, 2.45) is 11.3 Å². The molecule has 170 valence electrons. The molecule has 3 fully saturated rings. The Balaban J connectivity index is 1.15. The molecule has 1 N–H and O–H groups in total. The van der Waals surface area contributed by atoms with Crippen LogP contribution in [0.2, 0.25) is 0 Å². The van der Waals surface area contributed by atoms with Crippen LogP contribution < -0.4 is 10.1 Å². The lowest BCUT2D eigenvalue weighted by molar-refractivity contribution is -0.128. The van der Waals surface area contributed by atoms with Gasteiger partial charge in [0.25, 0.3) is 0 Å². The van der Waals surface area contributed by atoms with Crippen molar-refractivity contribution in [2.45, 2.75) is 31.7 Å². The lowest BCUT2D eigenvalue weighted by Gasteiger charge is -2.40. The van der Waals surface area contributed by atoms with Crippen molar-refractivity contribution in [1.29, 1.82) is 0 Å². The molecule has 5 rings (SSSR count). The van der Waals surface area contributed by atoms with Crippen molar-refractivity contribution in [1.82, 2.24) is 15.1 Å². The van der Waals surface area contributed by atoms with Crippen LogP contribution in [0.5, 0.6) is 5.75 Å². The van der Waals surface area contributed by atoms with Crippen molar-refractivity contribution in [3.8, 4) is 5.75 Å². The summed E-state index contributed by atoms with van der Waals surface area (Å²) in [5.74, 6) is 2.46. The van der Waals surface area contributed by atoms with E-state index >= 15 is 0 Å². The Kier molecular flexibility index (Phi) is 6.20. The second-order valence-corrected chi connectivity index (χ2v) is 10.0. The Hall–Kier alpha value is -2.37. The zero-order chi connectivity index (χ0) is 22.0. The predicted octanol–water partition coefficient (Wildman–Crippen LogP) is 3.51. The molecule has 2 aromatic rings. The third-order valence-electron chi connectivity index (χ3n) is 7.91. The second kappa shape index (κ2) is 9.24. The van der Waals surface area contributed by atoms with Crippen LogP contribution in [0.1, 0.15) is 36.3 Å². The lowest BCUT2D eigenvalue weighted by atomic mass is 9.77. The van der Waals surface area contributed by atoms with Gasteiger partial charge in [-0.1, -0.05) is 42.5 Å². The quantitative estimate of drug-likeness (QED) is 0.757. The van der Waals surface area contributed by atoms with Gasteiger partial charge in [0.1, 0.15) is 5.75 Å². The molecule has 3 aliphatic rings. The molecular formula is C27H35N3O2. The highest BCUT2D eigenvalue weighted by molar-refractivity contribution is 5.79. The fourth-order valence-electron chi connectivity index (χ4n) is 5.97. The number of carbonyl (C=O) groups excluding carboxylic acids is 1. The molecule has 0 aromatic heterocycles. The number of benzene rings is 2. The highest BCUT2D eigenvalue weighted by Crippen LogP contribution is 2.42. The summed E-state index contributed by atoms with van der Waals surface area (Å²) in [7, 11) is 1.68. The van der Waals surface area contributed by atoms with Gasteiger partial charge in [0.2, 0.25) is 5.91 Å². The standard InChI is InChI=1S/C27H35N3O2/c1-32-24-9-7-21(8-10-24)18-30-20-27(15-26(30)31)11-13-29(14-12-27)19-23-16-28-17-25(23)22-5-3-2-4-6-22/h2-10,23,25,28H,11-20H2,1H3/t23-,25-/m1/s1. The van der Waals surface area contributed by atoms with E-state index in [-0.39, 0.29) is 5.41 Å². The first-order chi connectivity index (χ1) is 15.6. The highest BCUT2D eigenvalue weighted by atomic mass is 16.5. The minimum Gasteiger partial charge on any atom is -0.497 e. The van der Waals surface area contributed by atoms with E-state index in [4.69, 9.17) is 4.74 Å². The van der Waals surface area contributed by atoms with Crippen molar-refractivity contribution < 1.29 is 9.53 Å². The van der Waals surface area contributed by atoms with Crippen LogP contribution in [0.3, 0.4) is 0 Å². The van der Waals surface area contributed by atoms with Crippen molar-refractivity contribution in [2.75, 3.05) is 46.4 Å². The van der Waals surface area contributed by atoms with Gasteiger partial charge in [-0.15, -0.1) is 0 Å². The zero-order valence-corrected chi connectivity index (χ0v) is 19.1. The molecule has 32 heavy (non-hydrogen) atoms. The summed E-state index contributed by atoms with van der Waals surface area (Å²) >= 11 is 0. The van der Waals surface area contributed by atoms with E-state index in [1.54, 1.807) is 7.11 Å². The Morgan fingerprint density at radius 3 is 2.50 bits per heavy atom. The third kappa shape index (κ3) is 4.55. The second-order valence-electron chi connectivity index (χ2n) is 10.0. The molecule has 0 unspecified atom stereocenters. The fraction of sp³-hybridized carbons (Fsp3) is 0.519. The fourth-order valence-corrected chi connectivity index (χ4v) is 5.97. The largest absolute Gasteiger partial charge is 0.497 e. The Morgan fingerprint density at radius 2 is 1.78 bits per heavy atom. The van der Waals surface area contributed by atoms with Gasteiger partial charge in [0.15, 0.2) is 0 Å². The van der Waals surface area contributed by atoms with E-state index in [0.717, 1.165) is 57.9 Å². The molecule has 3 aliphatic heterocycles. The predicted molar refractivity (Wildman–Crippen MR) is 127 cm³/mol. The molecule has 0 bridgehead atoms. The maximum atomic E-state index is 12.8. The van der Waals surface area contributed by atoms with Gasteiger partial charge in [-0.3, -0.25) is 4.79 Å². The number of hydrogen-bond acceptors (Lipinski definition) is 4. The van der Waals surface area contributed by atoms with Crippen LogP contribution >= 0.6 is 0 Å². The third-order valence-corrected chi connectivity index (χ3v) is 7.91. The number of ether oxygens (including phenoxy) is 1. The van der Waals surface area contributed by atoms with Crippen LogP contribution in [-0.4, -0.2) is 62.1 Å². The summed E-state index contributed by atoms with van der Waals surface area (Å²) in [6.07, 6.45) is 2.98. The van der Waals surface area contributed by atoms with Crippen LogP contribution in [0.4, 0.5) is 0 Å². The number of piperidine rings is 1. The maximum absolute atomic E-state index is 12.8. The Bertz CT molecular complexity index is 906. The average Bonchev–Trinajstić information content (AvgIpc) is 3.41. The van der Waals surface area contributed by atoms with E-state index in [1.165, 1.54) is 11.1 Å². The SMILES string of the molecule is COc1ccc(CN2CC3(CCN(C[C@H]4CNC[C@@H]4c4ccccc4)CC3)CC2=O)cc1. The van der Waals surface area contributed by atoms with E-state index < -0.39 is 0 Å². The molecule has 3 heterocycles. The summed E-state index contributed by atoms with van der Waals surface area (Å²) in [4.78, 5) is 17.5. The first-order valence-electron chi connectivity index (χ1n) is 12.0. The monoisotopic (exact) mass is 433 g/mol. The van der Waals surface area contributed by atoms with Gasteiger partial charge in [0.05, 0.1) is 7.11 Å². The van der Waals surface area contributed by atoms with Gasteiger partial charge in [-0.25, -0.2) is 0 Å². The topological polar surface area (TPSA) is 44.8 Å². The van der Waals surface area contributed by atoms with E-state index in [1.807, 2.05) is 12.1 Å². The highest BCUT2D eigenvalue weighted by Gasteiger charge is 2.45. The molecule has 3 saturated heterocycles. The molecule has 2 atom stereocenters. The lowest BCUT2D eigenvalue weighted by Crippen LogP contribution is -2.44. The molecule has 5 heteroatoms. The normalized spacial score (nSPS) is 25.5. The first kappa shape index (κ1) is 21.5. The van der Waals surface area contributed by atoms with Crippen LogP contribution in [0.15, 0.2) is 54.6 Å². The smallest absolute Gasteiger partial charge is 0.223 e. The molecule has 2 aromatic carbocycles. The van der Waals surface area contributed by atoms with Crippen LogP contribution in [0.25, 0.3) is 0 Å². The summed E-state index contributed by atoms with van der Waals surface area (Å²) < 4.78 is 5.25. The van der Waals surface area contributed by atoms with Crippen molar-refractivity contribution >= 4 is 5.91 Å². The zero-order valence-electron chi connectivity index (χ0n) is 19.1. The van der Waals surface area contributed by atoms with Gasteiger partial charge >= 0.3 is 0 Å². The number of nitrogens with zero attached hydrogens (tertiary/aromatic N) is 2. The van der Waals surface area contributed by atoms with Gasteiger partial charge in [-0.2, -0.15) is 0 Å². The molecular weight excluding hydrogens is 398 g/mol. The molecule has 0 aliphatic carbocycles. The van der Waals surface area contributed by atoms with Crippen LogP contribution in [0, 0.1) is 11.3 Å². The number of methoxy groups -OCH3 is 1. The number of amides is 1. The van der Waals surface area contributed by atoms with E-state index in [2.05, 4.69) is 57.6 Å². The number of hydrogen-bond donors (Lipinski definition) is 1. The van der Waals surface area contributed by atoms with Crippen molar-refractivity contribution in [3.05, 3.63) is 65.7 Å². The van der Waals surface area contributed by atoms with Crippen molar-refractivity contribution in [3.63, 3.8) is 0 Å². The first-order valence-corrected chi connectivity index (χ1v) is 12.0. The molecule has 1 amide bonds. The maximum Gasteiger partial charge on any atom is 0.223 e. The van der Waals surface area contributed by atoms with E-state index in [0.29, 0.717) is 30.7 Å². The van der Waals surface area contributed by atoms with E-state index in [9.17, 15) is 4.79 Å². The molecule has 0 saturated carbocycles. The molecule has 1 spiro atoms.